The van der Waals surface area contributed by atoms with E-state index in [1.54, 1.807) is 27.9 Å². The number of hydrogen-bond acceptors (Lipinski definition) is 8. The van der Waals surface area contributed by atoms with Gasteiger partial charge >= 0.3 is 12.1 Å². The Kier molecular flexibility index (Phi) is 9.70. The van der Waals surface area contributed by atoms with Crippen molar-refractivity contribution in [3.05, 3.63) is 30.1 Å². The molecule has 13 heteroatoms. The number of carboxylic acid groups (broad SMARTS) is 1. The number of pyridine rings is 1. The molecule has 0 unspecified atom stereocenters. The molecule has 176 valence electrons. The van der Waals surface area contributed by atoms with Crippen molar-refractivity contribution in [3.63, 3.8) is 0 Å². The summed E-state index contributed by atoms with van der Waals surface area (Å²) in [5.74, 6) is 4.65. The van der Waals surface area contributed by atoms with Crippen LogP contribution in [0.1, 0.15) is 18.4 Å². The number of nitriles is 1. The fourth-order valence-corrected chi connectivity index (χ4v) is 4.43. The van der Waals surface area contributed by atoms with Crippen LogP contribution in [0.2, 0.25) is 0 Å². The third-order valence-corrected chi connectivity index (χ3v) is 6.08. The molecule has 0 aromatic carbocycles. The van der Waals surface area contributed by atoms with Crippen molar-refractivity contribution in [1.82, 2.24) is 19.8 Å². The number of hydrogen-bond donors (Lipinski definition) is 2. The fraction of sp³-hybridized carbons (Fsp3) is 0.579. The van der Waals surface area contributed by atoms with Crippen molar-refractivity contribution in [1.29, 1.82) is 5.26 Å². The highest BCUT2D eigenvalue weighted by Gasteiger charge is 2.38. The van der Waals surface area contributed by atoms with Crippen LogP contribution < -0.4 is 5.84 Å². The molecule has 3 heterocycles. The second-order valence-corrected chi connectivity index (χ2v) is 8.35. The predicted octanol–water partition coefficient (Wildman–Crippen LogP) is 1.28. The third kappa shape index (κ3) is 7.94. The maximum absolute atomic E-state index is 12.4. The highest BCUT2D eigenvalue weighted by Crippen LogP contribution is 2.21. The minimum atomic E-state index is -5.08. The summed E-state index contributed by atoms with van der Waals surface area (Å²) in [5.41, 5.74) is 1.22. The SMILES string of the molecule is N#C[C@@H]1CSCN1C(=O)CN(N)C1CCN(Cc2cccnc2)CC1.O=C(O)C(F)(F)F. The van der Waals surface area contributed by atoms with Gasteiger partial charge in [-0.3, -0.25) is 20.5 Å². The van der Waals surface area contributed by atoms with E-state index < -0.39 is 12.1 Å². The summed E-state index contributed by atoms with van der Waals surface area (Å²) >= 11 is 1.62. The number of carboxylic acids is 1. The average Bonchev–Trinajstić information content (AvgIpc) is 3.24. The molecule has 2 fully saturated rings. The number of nitrogens with two attached hydrogens (primary N) is 1. The van der Waals surface area contributed by atoms with Crippen molar-refractivity contribution >= 4 is 23.6 Å². The Labute approximate surface area is 187 Å². The molecule has 32 heavy (non-hydrogen) atoms. The first-order chi connectivity index (χ1) is 15.1. The molecular weight excluding hydrogens is 449 g/mol. The number of alkyl halides is 3. The highest BCUT2D eigenvalue weighted by molar-refractivity contribution is 7.99. The van der Waals surface area contributed by atoms with E-state index in [4.69, 9.17) is 21.0 Å². The topological polar surface area (TPSA) is 127 Å². The molecule has 9 nitrogen and oxygen atoms in total. The summed E-state index contributed by atoms with van der Waals surface area (Å²) in [6.07, 6.45) is 0.495. The van der Waals surface area contributed by atoms with E-state index in [0.717, 1.165) is 32.5 Å². The van der Waals surface area contributed by atoms with Gasteiger partial charge in [0.15, 0.2) is 0 Å². The van der Waals surface area contributed by atoms with Crippen LogP contribution in [0.4, 0.5) is 13.2 Å². The van der Waals surface area contributed by atoms with Crippen LogP contribution in [0, 0.1) is 11.3 Å². The molecule has 0 saturated carbocycles. The average molecular weight is 475 g/mol. The molecule has 2 aliphatic heterocycles. The standard InChI is InChI=1S/C17H24N6OS.C2HF3O2/c18-8-16-12-25-13-22(16)17(24)11-23(19)15-3-6-21(7-4-15)10-14-2-1-5-20-9-14;3-2(4,5)1(6)7/h1-2,5,9,15-16H,3-4,6-7,10-13,19H2;(H,6,7)/t16-;/m1./s1. The maximum atomic E-state index is 12.4. The molecule has 2 saturated heterocycles. The normalized spacial score (nSPS) is 19.9. The van der Waals surface area contributed by atoms with Gasteiger partial charge in [0.2, 0.25) is 5.91 Å². The van der Waals surface area contributed by atoms with Crippen LogP contribution >= 0.6 is 11.8 Å². The predicted molar refractivity (Wildman–Crippen MR) is 111 cm³/mol. The zero-order chi connectivity index (χ0) is 23.7. The largest absolute Gasteiger partial charge is 0.490 e. The number of aliphatic carboxylic acids is 1. The molecular formula is C19H25F3N6O3S. The minimum absolute atomic E-state index is 0.0446. The number of carbonyl (C=O) groups is 2. The quantitative estimate of drug-likeness (QED) is 0.479. The van der Waals surface area contributed by atoms with Crippen LogP contribution in [0.5, 0.6) is 0 Å². The summed E-state index contributed by atoms with van der Waals surface area (Å²) in [7, 11) is 0. The van der Waals surface area contributed by atoms with Crippen LogP contribution in [-0.4, -0.2) is 86.3 Å². The van der Waals surface area contributed by atoms with Gasteiger partial charge in [0, 0.05) is 43.8 Å². The first-order valence-corrected chi connectivity index (χ1v) is 11.0. The van der Waals surface area contributed by atoms with E-state index in [2.05, 4.69) is 22.0 Å². The third-order valence-electron chi connectivity index (χ3n) is 5.07. The number of likely N-dealkylation sites (tertiary alicyclic amines) is 1. The number of carbonyl (C=O) groups excluding carboxylic acids is 1. The van der Waals surface area contributed by atoms with E-state index in [0.29, 0.717) is 11.6 Å². The van der Waals surface area contributed by atoms with Crippen LogP contribution in [0.3, 0.4) is 0 Å². The molecule has 1 aromatic heterocycles. The summed E-state index contributed by atoms with van der Waals surface area (Å²) in [5, 5.41) is 17.9. The lowest BCUT2D eigenvalue weighted by Gasteiger charge is -2.36. The van der Waals surface area contributed by atoms with Crippen molar-refractivity contribution < 1.29 is 27.9 Å². The molecule has 2 aliphatic rings. The van der Waals surface area contributed by atoms with Gasteiger partial charge in [-0.2, -0.15) is 18.4 Å². The monoisotopic (exact) mass is 474 g/mol. The van der Waals surface area contributed by atoms with Crippen LogP contribution in [0.25, 0.3) is 0 Å². The zero-order valence-electron chi connectivity index (χ0n) is 17.2. The van der Waals surface area contributed by atoms with Crippen molar-refractivity contribution in [3.8, 4) is 6.07 Å². The van der Waals surface area contributed by atoms with Gasteiger partial charge in [-0.15, -0.1) is 11.8 Å². The second-order valence-electron chi connectivity index (χ2n) is 7.35. The Morgan fingerprint density at radius 3 is 2.56 bits per heavy atom. The summed E-state index contributed by atoms with van der Waals surface area (Å²) in [4.78, 5) is 29.5. The number of thioether (sulfide) groups is 1. The Balaban J connectivity index is 0.000000451. The molecule has 1 aromatic rings. The van der Waals surface area contributed by atoms with Gasteiger partial charge in [-0.1, -0.05) is 6.07 Å². The number of piperidine rings is 1. The Bertz CT molecular complexity index is 800. The molecule has 3 rings (SSSR count). The molecule has 0 aliphatic carbocycles. The number of amides is 1. The molecule has 0 bridgehead atoms. The fourth-order valence-electron chi connectivity index (χ4n) is 3.33. The maximum Gasteiger partial charge on any atom is 0.490 e. The smallest absolute Gasteiger partial charge is 0.475 e. The van der Waals surface area contributed by atoms with E-state index in [-0.39, 0.29) is 24.5 Å². The number of halogens is 3. The molecule has 1 amide bonds. The van der Waals surface area contributed by atoms with Crippen molar-refractivity contribution in [2.45, 2.75) is 37.6 Å². The van der Waals surface area contributed by atoms with E-state index in [9.17, 15) is 18.0 Å². The van der Waals surface area contributed by atoms with Gasteiger partial charge in [0.25, 0.3) is 0 Å². The van der Waals surface area contributed by atoms with Crippen LogP contribution in [-0.2, 0) is 16.1 Å². The van der Waals surface area contributed by atoms with Gasteiger partial charge in [-0.25, -0.2) is 9.80 Å². The molecule has 0 spiro atoms. The van der Waals surface area contributed by atoms with Crippen molar-refractivity contribution in [2.75, 3.05) is 31.3 Å². The Morgan fingerprint density at radius 1 is 1.38 bits per heavy atom. The van der Waals surface area contributed by atoms with Gasteiger partial charge < -0.3 is 10.0 Å². The minimum Gasteiger partial charge on any atom is -0.475 e. The van der Waals surface area contributed by atoms with E-state index in [1.807, 2.05) is 12.3 Å². The summed E-state index contributed by atoms with van der Waals surface area (Å²) in [6, 6.07) is 6.14. The lowest BCUT2D eigenvalue weighted by Crippen LogP contribution is -2.52. The van der Waals surface area contributed by atoms with Crippen molar-refractivity contribution in [2.24, 2.45) is 5.84 Å². The lowest BCUT2D eigenvalue weighted by molar-refractivity contribution is -0.192. The number of aromatic nitrogens is 1. The summed E-state index contributed by atoms with van der Waals surface area (Å²) < 4.78 is 31.7. The molecule has 0 radical (unpaired) electrons. The number of hydrazine groups is 1. The van der Waals surface area contributed by atoms with Gasteiger partial charge in [0.1, 0.15) is 6.04 Å². The first-order valence-electron chi connectivity index (χ1n) is 9.81. The van der Waals surface area contributed by atoms with Gasteiger partial charge in [0.05, 0.1) is 18.5 Å². The van der Waals surface area contributed by atoms with Crippen LogP contribution in [0.15, 0.2) is 24.5 Å². The van der Waals surface area contributed by atoms with Gasteiger partial charge in [-0.05, 0) is 24.5 Å². The van der Waals surface area contributed by atoms with E-state index in [1.165, 1.54) is 5.56 Å². The highest BCUT2D eigenvalue weighted by atomic mass is 32.2. The summed E-state index contributed by atoms with van der Waals surface area (Å²) in [6.45, 7) is 3.01. The zero-order valence-corrected chi connectivity index (χ0v) is 18.1. The number of nitrogens with zero attached hydrogens (tertiary/aromatic N) is 5. The number of rotatable bonds is 5. The second kappa shape index (κ2) is 12.0. The lowest BCUT2D eigenvalue weighted by atomic mass is 10.0. The Hall–Kier alpha value is -2.40. The van der Waals surface area contributed by atoms with E-state index >= 15 is 0 Å². The Morgan fingerprint density at radius 2 is 2.03 bits per heavy atom. The molecule has 1 atom stereocenters. The molecule has 3 N–H and O–H groups in total. The first kappa shape index (κ1) is 25.9.